The topological polar surface area (TPSA) is 61.2 Å². The van der Waals surface area contributed by atoms with E-state index in [9.17, 15) is 12.8 Å². The summed E-state index contributed by atoms with van der Waals surface area (Å²) >= 11 is 6.99. The normalized spacial score (nSPS) is 28.7. The number of amidine groups is 1. The van der Waals surface area contributed by atoms with Crippen molar-refractivity contribution in [3.05, 3.63) is 29.0 Å². The van der Waals surface area contributed by atoms with E-state index in [1.165, 1.54) is 30.0 Å². The SMILES string of the molecule is N=C1S[C@H]2CS(=O)(=O)C[C@H]2N1c1ccc(F)c(Cl)c1. The highest BCUT2D eigenvalue weighted by Crippen LogP contribution is 2.40. The maximum atomic E-state index is 13.2. The summed E-state index contributed by atoms with van der Waals surface area (Å²) in [5.41, 5.74) is 0.563. The summed E-state index contributed by atoms with van der Waals surface area (Å²) < 4.78 is 36.5. The molecule has 1 aromatic carbocycles. The lowest BCUT2D eigenvalue weighted by atomic mass is 10.2. The number of hydrogen-bond donors (Lipinski definition) is 1. The van der Waals surface area contributed by atoms with E-state index in [0.717, 1.165) is 0 Å². The summed E-state index contributed by atoms with van der Waals surface area (Å²) in [5, 5.41) is 8.09. The van der Waals surface area contributed by atoms with Gasteiger partial charge in [0.05, 0.1) is 22.6 Å². The fourth-order valence-corrected chi connectivity index (χ4v) is 6.41. The lowest BCUT2D eigenvalue weighted by molar-refractivity contribution is 0.601. The van der Waals surface area contributed by atoms with Gasteiger partial charge in [0.1, 0.15) is 5.82 Å². The first-order valence-electron chi connectivity index (χ1n) is 5.57. The third-order valence-corrected chi connectivity index (χ3v) is 6.69. The molecule has 1 aromatic rings. The van der Waals surface area contributed by atoms with Crippen LogP contribution in [0.3, 0.4) is 0 Å². The number of fused-ring (bicyclic) bond motifs is 1. The summed E-state index contributed by atoms with van der Waals surface area (Å²) in [5.74, 6) is -0.405. The van der Waals surface area contributed by atoms with Crippen LogP contribution in [0.4, 0.5) is 10.1 Å². The number of nitrogens with one attached hydrogen (secondary N) is 1. The van der Waals surface area contributed by atoms with Crippen LogP contribution in [-0.2, 0) is 9.84 Å². The van der Waals surface area contributed by atoms with E-state index in [2.05, 4.69) is 0 Å². The number of benzene rings is 1. The first-order chi connectivity index (χ1) is 8.87. The number of hydrogen-bond acceptors (Lipinski definition) is 4. The average Bonchev–Trinajstić information content (AvgIpc) is 2.73. The Kier molecular flexibility index (Phi) is 3.03. The van der Waals surface area contributed by atoms with Crippen LogP contribution in [-0.4, -0.2) is 36.4 Å². The third kappa shape index (κ3) is 2.23. The number of halogens is 2. The van der Waals surface area contributed by atoms with Crippen molar-refractivity contribution in [2.45, 2.75) is 11.3 Å². The van der Waals surface area contributed by atoms with E-state index in [1.54, 1.807) is 4.90 Å². The molecule has 2 saturated heterocycles. The molecule has 2 aliphatic heterocycles. The lowest BCUT2D eigenvalue weighted by Gasteiger charge is -2.24. The standard InChI is InChI=1S/C11H10ClFN2O2S2/c12-7-3-6(1-2-8(7)13)15-9-4-19(16,17)5-10(9)18-11(15)14/h1-3,9-10,14H,4-5H2/t9-,10+/m1/s1. The van der Waals surface area contributed by atoms with Crippen LogP contribution in [0.5, 0.6) is 0 Å². The Morgan fingerprint density at radius 2 is 2.16 bits per heavy atom. The molecule has 0 amide bonds. The highest BCUT2D eigenvalue weighted by atomic mass is 35.5. The van der Waals surface area contributed by atoms with Crippen LogP contribution in [0.25, 0.3) is 0 Å². The van der Waals surface area contributed by atoms with Crippen LogP contribution >= 0.6 is 23.4 Å². The van der Waals surface area contributed by atoms with Crippen LogP contribution < -0.4 is 4.90 Å². The van der Waals surface area contributed by atoms with Crippen molar-refractivity contribution < 1.29 is 12.8 Å². The van der Waals surface area contributed by atoms with Gasteiger partial charge in [-0.1, -0.05) is 23.4 Å². The lowest BCUT2D eigenvalue weighted by Crippen LogP contribution is -2.37. The zero-order valence-corrected chi connectivity index (χ0v) is 12.0. The molecule has 19 heavy (non-hydrogen) atoms. The van der Waals surface area contributed by atoms with Gasteiger partial charge >= 0.3 is 0 Å². The van der Waals surface area contributed by atoms with E-state index in [-0.39, 0.29) is 33.0 Å². The van der Waals surface area contributed by atoms with Gasteiger partial charge in [-0.3, -0.25) is 5.41 Å². The molecule has 3 rings (SSSR count). The van der Waals surface area contributed by atoms with Crippen LogP contribution in [0.2, 0.25) is 5.02 Å². The quantitative estimate of drug-likeness (QED) is 0.861. The Labute approximate surface area is 119 Å². The first kappa shape index (κ1) is 13.2. The third-order valence-electron chi connectivity index (χ3n) is 3.27. The van der Waals surface area contributed by atoms with Gasteiger partial charge in [-0.05, 0) is 18.2 Å². The van der Waals surface area contributed by atoms with Crippen molar-refractivity contribution in [3.8, 4) is 0 Å². The Morgan fingerprint density at radius 3 is 2.84 bits per heavy atom. The van der Waals surface area contributed by atoms with Gasteiger partial charge in [-0.25, -0.2) is 12.8 Å². The number of nitrogens with zero attached hydrogens (tertiary/aromatic N) is 1. The van der Waals surface area contributed by atoms with Crippen molar-refractivity contribution in [1.29, 1.82) is 5.41 Å². The maximum Gasteiger partial charge on any atom is 0.161 e. The van der Waals surface area contributed by atoms with Gasteiger partial charge in [0.2, 0.25) is 0 Å². The molecule has 0 aliphatic carbocycles. The second-order valence-electron chi connectivity index (χ2n) is 4.57. The van der Waals surface area contributed by atoms with Gasteiger partial charge in [-0.2, -0.15) is 0 Å². The summed E-state index contributed by atoms with van der Waals surface area (Å²) in [6.07, 6.45) is 0. The van der Waals surface area contributed by atoms with Gasteiger partial charge in [0, 0.05) is 10.9 Å². The Bertz CT molecular complexity index is 665. The van der Waals surface area contributed by atoms with Gasteiger partial charge < -0.3 is 4.90 Å². The van der Waals surface area contributed by atoms with E-state index >= 15 is 0 Å². The highest BCUT2D eigenvalue weighted by molar-refractivity contribution is 8.15. The molecule has 0 aromatic heterocycles. The summed E-state index contributed by atoms with van der Waals surface area (Å²) in [6.45, 7) is 0. The fraction of sp³-hybridized carbons (Fsp3) is 0.364. The molecule has 2 fully saturated rings. The van der Waals surface area contributed by atoms with E-state index in [4.69, 9.17) is 17.0 Å². The predicted octanol–water partition coefficient (Wildman–Crippen LogP) is 2.13. The smallest absolute Gasteiger partial charge is 0.161 e. The minimum Gasteiger partial charge on any atom is -0.316 e. The molecule has 2 heterocycles. The molecular weight excluding hydrogens is 311 g/mol. The number of anilines is 1. The molecule has 2 atom stereocenters. The van der Waals surface area contributed by atoms with E-state index in [0.29, 0.717) is 5.69 Å². The second-order valence-corrected chi connectivity index (χ2v) is 8.36. The average molecular weight is 321 g/mol. The molecular formula is C11H10ClFN2O2S2. The monoisotopic (exact) mass is 320 g/mol. The Balaban J connectivity index is 1.99. The van der Waals surface area contributed by atoms with Crippen molar-refractivity contribution in [3.63, 3.8) is 0 Å². The van der Waals surface area contributed by atoms with Crippen LogP contribution in [0.1, 0.15) is 0 Å². The Hall–Kier alpha value is -0.790. The minimum atomic E-state index is -3.05. The van der Waals surface area contributed by atoms with Crippen molar-refractivity contribution in [1.82, 2.24) is 0 Å². The number of rotatable bonds is 1. The molecule has 1 N–H and O–H groups in total. The zero-order valence-electron chi connectivity index (χ0n) is 9.64. The van der Waals surface area contributed by atoms with Gasteiger partial charge in [-0.15, -0.1) is 0 Å². The molecule has 102 valence electrons. The maximum absolute atomic E-state index is 13.2. The largest absolute Gasteiger partial charge is 0.316 e. The molecule has 0 radical (unpaired) electrons. The molecule has 0 spiro atoms. The summed E-state index contributed by atoms with van der Waals surface area (Å²) in [6, 6.07) is 3.92. The fourth-order valence-electron chi connectivity index (χ4n) is 2.44. The molecule has 0 unspecified atom stereocenters. The van der Waals surface area contributed by atoms with Crippen molar-refractivity contribution in [2.24, 2.45) is 0 Å². The number of thioether (sulfide) groups is 1. The summed E-state index contributed by atoms with van der Waals surface area (Å²) in [7, 11) is -3.05. The molecule has 0 bridgehead atoms. The minimum absolute atomic E-state index is 0.0281. The first-order valence-corrected chi connectivity index (χ1v) is 8.65. The van der Waals surface area contributed by atoms with E-state index in [1.807, 2.05) is 0 Å². The zero-order chi connectivity index (χ0) is 13.8. The second kappa shape index (κ2) is 4.36. The van der Waals surface area contributed by atoms with Crippen LogP contribution in [0.15, 0.2) is 18.2 Å². The van der Waals surface area contributed by atoms with Gasteiger partial charge in [0.15, 0.2) is 15.0 Å². The molecule has 8 heteroatoms. The van der Waals surface area contributed by atoms with Crippen LogP contribution in [0, 0.1) is 11.2 Å². The summed E-state index contributed by atoms with van der Waals surface area (Å²) in [4.78, 5) is 1.63. The van der Waals surface area contributed by atoms with Crippen molar-refractivity contribution in [2.75, 3.05) is 16.4 Å². The molecule has 0 saturated carbocycles. The Morgan fingerprint density at radius 1 is 1.42 bits per heavy atom. The van der Waals surface area contributed by atoms with E-state index < -0.39 is 15.7 Å². The number of sulfone groups is 1. The van der Waals surface area contributed by atoms with Gasteiger partial charge in [0.25, 0.3) is 0 Å². The highest BCUT2D eigenvalue weighted by Gasteiger charge is 2.48. The molecule has 2 aliphatic rings. The molecule has 4 nitrogen and oxygen atoms in total. The van der Waals surface area contributed by atoms with Crippen molar-refractivity contribution >= 4 is 44.1 Å². The predicted molar refractivity (Wildman–Crippen MR) is 75.4 cm³/mol.